The molecular weight excluding hydrogens is 251 g/mol. The van der Waals surface area contributed by atoms with Crippen molar-refractivity contribution >= 4 is 22.6 Å². The minimum absolute atomic E-state index is 0.680. The Kier molecular flexibility index (Phi) is 2.14. The van der Waals surface area contributed by atoms with E-state index in [4.69, 9.17) is 0 Å². The molecule has 2 saturated heterocycles. The molecule has 0 aromatic heterocycles. The van der Waals surface area contributed by atoms with Crippen molar-refractivity contribution in [2.75, 3.05) is 26.2 Å². The third kappa shape index (κ3) is 1.42. The summed E-state index contributed by atoms with van der Waals surface area (Å²) >= 11 is 2.49. The smallest absolute Gasteiger partial charge is 0.0590 e. The molecule has 2 fully saturated rings. The van der Waals surface area contributed by atoms with Crippen LogP contribution in [0, 0.1) is 5.41 Å². The van der Waals surface area contributed by atoms with Gasteiger partial charge in [0.1, 0.15) is 0 Å². The van der Waals surface area contributed by atoms with Crippen molar-refractivity contribution in [2.24, 2.45) is 5.41 Å². The van der Waals surface area contributed by atoms with Crippen molar-refractivity contribution in [1.82, 2.24) is 10.2 Å². The van der Waals surface area contributed by atoms with E-state index in [-0.39, 0.29) is 0 Å². The first-order valence-corrected chi connectivity index (χ1v) is 5.55. The number of hydrogen-bond acceptors (Lipinski definition) is 2. The van der Waals surface area contributed by atoms with E-state index in [1.807, 2.05) is 0 Å². The Bertz CT molecular complexity index is 144. The quantitative estimate of drug-likeness (QED) is 0.434. The molecule has 1 atom stereocenters. The lowest BCUT2D eigenvalue weighted by molar-refractivity contribution is 0.0164. The van der Waals surface area contributed by atoms with Crippen molar-refractivity contribution in [1.29, 1.82) is 0 Å². The highest BCUT2D eigenvalue weighted by molar-refractivity contribution is 14.1. The van der Waals surface area contributed by atoms with Crippen LogP contribution in [0.15, 0.2) is 0 Å². The number of nitrogens with one attached hydrogen (secondary N) is 1. The molecule has 0 saturated carbocycles. The Balaban J connectivity index is 1.86. The standard InChI is InChI=1S/C8H15IN2/c1-7(9)11-5-8(6-11)2-3-10-4-8/h7,10H,2-6H2,1H3. The fourth-order valence-electron chi connectivity index (χ4n) is 2.13. The number of rotatable bonds is 1. The van der Waals surface area contributed by atoms with Crippen molar-refractivity contribution in [3.05, 3.63) is 0 Å². The van der Waals surface area contributed by atoms with E-state index in [1.54, 1.807) is 0 Å². The largest absolute Gasteiger partial charge is 0.316 e. The highest BCUT2D eigenvalue weighted by Crippen LogP contribution is 2.37. The highest BCUT2D eigenvalue weighted by Gasteiger charge is 2.45. The molecule has 0 aliphatic carbocycles. The fraction of sp³-hybridized carbons (Fsp3) is 1.00. The van der Waals surface area contributed by atoms with E-state index in [2.05, 4.69) is 39.7 Å². The Morgan fingerprint density at radius 3 is 2.73 bits per heavy atom. The minimum Gasteiger partial charge on any atom is -0.316 e. The molecule has 2 aliphatic rings. The van der Waals surface area contributed by atoms with Crippen LogP contribution in [0.1, 0.15) is 13.3 Å². The maximum absolute atomic E-state index is 3.45. The zero-order valence-electron chi connectivity index (χ0n) is 6.94. The molecule has 11 heavy (non-hydrogen) atoms. The van der Waals surface area contributed by atoms with Crippen molar-refractivity contribution in [2.45, 2.75) is 17.4 Å². The monoisotopic (exact) mass is 266 g/mol. The Labute approximate surface area is 81.9 Å². The summed E-state index contributed by atoms with van der Waals surface area (Å²) in [6.07, 6.45) is 1.40. The van der Waals surface area contributed by atoms with E-state index < -0.39 is 0 Å². The van der Waals surface area contributed by atoms with Gasteiger partial charge in [0.05, 0.1) is 4.05 Å². The number of nitrogens with zero attached hydrogens (tertiary/aromatic N) is 1. The van der Waals surface area contributed by atoms with Crippen LogP contribution in [0.3, 0.4) is 0 Å². The number of hydrogen-bond donors (Lipinski definition) is 1. The van der Waals surface area contributed by atoms with Gasteiger partial charge >= 0.3 is 0 Å². The molecule has 2 aliphatic heterocycles. The van der Waals surface area contributed by atoms with Crippen LogP contribution < -0.4 is 5.32 Å². The summed E-state index contributed by atoms with van der Waals surface area (Å²) in [5.74, 6) is 0. The second-order valence-corrected chi connectivity index (χ2v) is 5.71. The maximum atomic E-state index is 3.45. The molecule has 0 bridgehead atoms. The van der Waals surface area contributed by atoms with Crippen molar-refractivity contribution < 1.29 is 0 Å². The van der Waals surface area contributed by atoms with Crippen molar-refractivity contribution in [3.8, 4) is 0 Å². The predicted octanol–water partition coefficient (Wildman–Crippen LogP) is 1.06. The molecule has 1 spiro atoms. The van der Waals surface area contributed by atoms with Gasteiger partial charge in [0, 0.05) is 25.0 Å². The van der Waals surface area contributed by atoms with E-state index in [0.29, 0.717) is 5.41 Å². The number of halogens is 1. The van der Waals surface area contributed by atoms with Gasteiger partial charge in [-0.3, -0.25) is 4.90 Å². The summed E-state index contributed by atoms with van der Waals surface area (Å²) in [5, 5.41) is 3.45. The van der Waals surface area contributed by atoms with Crippen LogP contribution in [0.2, 0.25) is 0 Å². The van der Waals surface area contributed by atoms with Crippen LogP contribution in [-0.4, -0.2) is 35.1 Å². The Morgan fingerprint density at radius 1 is 1.55 bits per heavy atom. The van der Waals surface area contributed by atoms with Crippen LogP contribution in [0.5, 0.6) is 0 Å². The average Bonchev–Trinajstić information content (AvgIpc) is 2.29. The maximum Gasteiger partial charge on any atom is 0.0590 e. The van der Waals surface area contributed by atoms with Gasteiger partial charge in [-0.05, 0) is 19.9 Å². The van der Waals surface area contributed by atoms with E-state index in [1.165, 1.54) is 32.6 Å². The summed E-state index contributed by atoms with van der Waals surface area (Å²) in [6, 6.07) is 0. The van der Waals surface area contributed by atoms with Gasteiger partial charge in [0.15, 0.2) is 0 Å². The molecular formula is C8H15IN2. The number of alkyl halides is 1. The summed E-state index contributed by atoms with van der Waals surface area (Å²) < 4.78 is 0.721. The van der Waals surface area contributed by atoms with Gasteiger partial charge in [0.25, 0.3) is 0 Å². The second kappa shape index (κ2) is 2.85. The van der Waals surface area contributed by atoms with Gasteiger partial charge in [-0.1, -0.05) is 22.6 Å². The van der Waals surface area contributed by atoms with Crippen LogP contribution in [-0.2, 0) is 0 Å². The van der Waals surface area contributed by atoms with Gasteiger partial charge in [-0.2, -0.15) is 0 Å². The fourth-order valence-corrected chi connectivity index (χ4v) is 2.53. The summed E-state index contributed by atoms with van der Waals surface area (Å²) in [4.78, 5) is 2.55. The predicted molar refractivity (Wildman–Crippen MR) is 55.0 cm³/mol. The van der Waals surface area contributed by atoms with Crippen molar-refractivity contribution in [3.63, 3.8) is 0 Å². The first-order valence-electron chi connectivity index (χ1n) is 4.31. The number of likely N-dealkylation sites (tertiary alicyclic amines) is 1. The second-order valence-electron chi connectivity index (χ2n) is 3.91. The minimum atomic E-state index is 0.680. The highest BCUT2D eigenvalue weighted by atomic mass is 127. The molecule has 2 rings (SSSR count). The normalized spacial score (nSPS) is 32.2. The summed E-state index contributed by atoms with van der Waals surface area (Å²) in [5.41, 5.74) is 0.680. The van der Waals surface area contributed by atoms with E-state index >= 15 is 0 Å². The topological polar surface area (TPSA) is 15.3 Å². The lowest BCUT2D eigenvalue weighted by Crippen LogP contribution is -2.58. The molecule has 3 heteroatoms. The van der Waals surface area contributed by atoms with Gasteiger partial charge in [0.2, 0.25) is 0 Å². The van der Waals surface area contributed by atoms with Crippen LogP contribution in [0.4, 0.5) is 0 Å². The lowest BCUT2D eigenvalue weighted by Gasteiger charge is -2.49. The van der Waals surface area contributed by atoms with Crippen LogP contribution >= 0.6 is 22.6 Å². The van der Waals surface area contributed by atoms with Gasteiger partial charge in [-0.25, -0.2) is 0 Å². The lowest BCUT2D eigenvalue weighted by atomic mass is 9.79. The van der Waals surface area contributed by atoms with Crippen LogP contribution in [0.25, 0.3) is 0 Å². The first-order chi connectivity index (χ1) is 5.22. The Hall–Kier alpha value is 0.650. The van der Waals surface area contributed by atoms with Gasteiger partial charge in [-0.15, -0.1) is 0 Å². The molecule has 2 nitrogen and oxygen atoms in total. The zero-order valence-corrected chi connectivity index (χ0v) is 9.10. The third-order valence-electron chi connectivity index (χ3n) is 2.91. The first kappa shape index (κ1) is 8.26. The SMILES string of the molecule is CC(I)N1CC2(CCNC2)C1. The van der Waals surface area contributed by atoms with E-state index in [9.17, 15) is 0 Å². The molecule has 1 N–H and O–H groups in total. The van der Waals surface area contributed by atoms with Gasteiger partial charge < -0.3 is 5.32 Å². The zero-order chi connectivity index (χ0) is 7.90. The molecule has 2 heterocycles. The summed E-state index contributed by atoms with van der Waals surface area (Å²) in [6.45, 7) is 7.42. The van der Waals surface area contributed by atoms with E-state index in [0.717, 1.165) is 4.05 Å². The molecule has 64 valence electrons. The molecule has 0 aromatic rings. The molecule has 1 unspecified atom stereocenters. The summed E-state index contributed by atoms with van der Waals surface area (Å²) in [7, 11) is 0. The molecule has 0 amide bonds. The molecule has 0 radical (unpaired) electrons. The Morgan fingerprint density at radius 2 is 2.27 bits per heavy atom. The molecule has 0 aromatic carbocycles. The average molecular weight is 266 g/mol. The third-order valence-corrected chi connectivity index (χ3v) is 3.70.